The lowest BCUT2D eigenvalue weighted by molar-refractivity contribution is 0.0835. The average molecular weight is 328 g/mol. The van der Waals surface area contributed by atoms with Crippen molar-refractivity contribution in [2.75, 3.05) is 25.1 Å². The number of rotatable bonds is 4. The number of halogens is 1. The Hall–Kier alpha value is -0.680. The molecule has 0 spiro atoms. The van der Waals surface area contributed by atoms with Crippen molar-refractivity contribution in [1.82, 2.24) is 9.97 Å². The van der Waals surface area contributed by atoms with Crippen molar-refractivity contribution in [3.63, 3.8) is 0 Å². The molecule has 0 saturated carbocycles. The van der Waals surface area contributed by atoms with Gasteiger partial charge in [-0.05, 0) is 41.6 Å². The summed E-state index contributed by atoms with van der Waals surface area (Å²) in [6.07, 6.45) is 2.04. The predicted octanol–water partition coefficient (Wildman–Crippen LogP) is 3.69. The minimum Gasteiger partial charge on any atom is -0.381 e. The molecule has 0 unspecified atom stereocenters. The minimum atomic E-state index is 0.383. The summed E-state index contributed by atoms with van der Waals surface area (Å²) >= 11 is 3.63. The maximum absolute atomic E-state index is 5.42. The summed E-state index contributed by atoms with van der Waals surface area (Å²) in [7, 11) is 0. The number of aromatic nitrogens is 2. The van der Waals surface area contributed by atoms with Crippen molar-refractivity contribution in [2.24, 2.45) is 0 Å². The van der Waals surface area contributed by atoms with Crippen LogP contribution in [0.1, 0.15) is 57.0 Å². The molecule has 1 aliphatic heterocycles. The minimum absolute atomic E-state index is 0.383. The van der Waals surface area contributed by atoms with Crippen LogP contribution < -0.4 is 5.32 Å². The van der Waals surface area contributed by atoms with Gasteiger partial charge in [0.1, 0.15) is 11.6 Å². The van der Waals surface area contributed by atoms with E-state index >= 15 is 0 Å². The Morgan fingerprint density at radius 2 is 2.00 bits per heavy atom. The molecule has 0 aliphatic carbocycles. The van der Waals surface area contributed by atoms with Crippen LogP contribution >= 0.6 is 15.9 Å². The molecule has 106 valence electrons. The SMILES string of the molecule is CCNc1nc(C2CCOCC2)nc(C(C)C)c1Br. The first-order valence-corrected chi connectivity index (χ1v) is 7.81. The second-order valence-electron chi connectivity index (χ2n) is 5.20. The lowest BCUT2D eigenvalue weighted by atomic mass is 9.99. The van der Waals surface area contributed by atoms with E-state index in [1.54, 1.807) is 0 Å². The highest BCUT2D eigenvalue weighted by molar-refractivity contribution is 9.10. The third kappa shape index (κ3) is 3.45. The fourth-order valence-corrected chi connectivity index (χ4v) is 3.06. The Morgan fingerprint density at radius 1 is 1.32 bits per heavy atom. The van der Waals surface area contributed by atoms with E-state index in [1.807, 2.05) is 0 Å². The quantitative estimate of drug-likeness (QED) is 0.916. The first kappa shape index (κ1) is 14.7. The predicted molar refractivity (Wildman–Crippen MR) is 80.8 cm³/mol. The second kappa shape index (κ2) is 6.66. The largest absolute Gasteiger partial charge is 0.381 e. The van der Waals surface area contributed by atoms with Crippen LogP contribution in [-0.4, -0.2) is 29.7 Å². The van der Waals surface area contributed by atoms with Gasteiger partial charge in [-0.3, -0.25) is 0 Å². The summed E-state index contributed by atoms with van der Waals surface area (Å²) in [6, 6.07) is 0. The molecule has 0 aromatic carbocycles. The normalized spacial score (nSPS) is 16.9. The Kier molecular flexibility index (Phi) is 5.16. The van der Waals surface area contributed by atoms with Gasteiger partial charge in [0.15, 0.2) is 0 Å². The number of hydrogen-bond donors (Lipinski definition) is 1. The zero-order chi connectivity index (χ0) is 13.8. The highest BCUT2D eigenvalue weighted by Gasteiger charge is 2.22. The van der Waals surface area contributed by atoms with Crippen molar-refractivity contribution in [1.29, 1.82) is 0 Å². The first-order valence-electron chi connectivity index (χ1n) is 7.02. The zero-order valence-electron chi connectivity index (χ0n) is 11.9. The Bertz CT molecular complexity index is 431. The topological polar surface area (TPSA) is 47.0 Å². The summed E-state index contributed by atoms with van der Waals surface area (Å²) in [6.45, 7) is 8.90. The van der Waals surface area contributed by atoms with Gasteiger partial charge in [-0.2, -0.15) is 0 Å². The van der Waals surface area contributed by atoms with Crippen LogP contribution in [0.5, 0.6) is 0 Å². The molecule has 0 bridgehead atoms. The Balaban J connectivity index is 2.36. The lowest BCUT2D eigenvalue weighted by Crippen LogP contribution is -2.18. The first-order chi connectivity index (χ1) is 9.13. The van der Waals surface area contributed by atoms with E-state index in [0.29, 0.717) is 11.8 Å². The summed E-state index contributed by atoms with van der Waals surface area (Å²) in [5.74, 6) is 2.69. The molecule has 1 saturated heterocycles. The zero-order valence-corrected chi connectivity index (χ0v) is 13.5. The number of hydrogen-bond acceptors (Lipinski definition) is 4. The van der Waals surface area contributed by atoms with Gasteiger partial charge in [0.05, 0.1) is 10.2 Å². The van der Waals surface area contributed by atoms with Crippen LogP contribution in [0, 0.1) is 0 Å². The van der Waals surface area contributed by atoms with Gasteiger partial charge in [0.2, 0.25) is 0 Å². The van der Waals surface area contributed by atoms with Gasteiger partial charge < -0.3 is 10.1 Å². The molecule has 0 radical (unpaired) electrons. The van der Waals surface area contributed by atoms with Gasteiger partial charge in [-0.25, -0.2) is 9.97 Å². The molecule has 1 aromatic rings. The standard InChI is InChI=1S/C14H22BrN3O/c1-4-16-14-11(15)12(9(2)3)17-13(18-14)10-5-7-19-8-6-10/h9-10H,4-8H2,1-3H3,(H,16,17,18). The number of ether oxygens (including phenoxy) is 1. The van der Waals surface area contributed by atoms with E-state index in [9.17, 15) is 0 Å². The van der Waals surface area contributed by atoms with Crippen molar-refractivity contribution < 1.29 is 4.74 Å². The van der Waals surface area contributed by atoms with E-state index < -0.39 is 0 Å². The van der Waals surface area contributed by atoms with E-state index in [0.717, 1.165) is 54.4 Å². The number of nitrogens with zero attached hydrogens (tertiary/aromatic N) is 2. The molecule has 19 heavy (non-hydrogen) atoms. The third-order valence-electron chi connectivity index (χ3n) is 3.37. The molecule has 4 nitrogen and oxygen atoms in total. The third-order valence-corrected chi connectivity index (χ3v) is 4.15. The van der Waals surface area contributed by atoms with E-state index in [1.165, 1.54) is 0 Å². The Morgan fingerprint density at radius 3 is 2.58 bits per heavy atom. The van der Waals surface area contributed by atoms with Crippen molar-refractivity contribution in [3.8, 4) is 0 Å². The fraction of sp³-hybridized carbons (Fsp3) is 0.714. The number of nitrogens with one attached hydrogen (secondary N) is 1. The van der Waals surface area contributed by atoms with Gasteiger partial charge in [0, 0.05) is 25.7 Å². The molecule has 1 aliphatic rings. The molecule has 0 amide bonds. The second-order valence-corrected chi connectivity index (χ2v) is 5.99. The van der Waals surface area contributed by atoms with Crippen LogP contribution in [0.25, 0.3) is 0 Å². The van der Waals surface area contributed by atoms with Gasteiger partial charge in [0.25, 0.3) is 0 Å². The maximum Gasteiger partial charge on any atom is 0.144 e. The van der Waals surface area contributed by atoms with Crippen molar-refractivity contribution in [3.05, 3.63) is 16.0 Å². The van der Waals surface area contributed by atoms with Crippen molar-refractivity contribution >= 4 is 21.7 Å². The molecule has 1 fully saturated rings. The molecule has 1 aromatic heterocycles. The summed E-state index contributed by atoms with van der Waals surface area (Å²) in [5.41, 5.74) is 1.09. The lowest BCUT2D eigenvalue weighted by Gasteiger charge is -2.23. The van der Waals surface area contributed by atoms with Gasteiger partial charge in [-0.15, -0.1) is 0 Å². The molecular weight excluding hydrogens is 306 g/mol. The maximum atomic E-state index is 5.42. The van der Waals surface area contributed by atoms with Crippen LogP contribution in [0.3, 0.4) is 0 Å². The highest BCUT2D eigenvalue weighted by Crippen LogP contribution is 2.32. The smallest absolute Gasteiger partial charge is 0.144 e. The van der Waals surface area contributed by atoms with Gasteiger partial charge in [-0.1, -0.05) is 13.8 Å². The van der Waals surface area contributed by atoms with E-state index in [4.69, 9.17) is 14.7 Å². The van der Waals surface area contributed by atoms with E-state index in [2.05, 4.69) is 42.0 Å². The molecular formula is C14H22BrN3O. The van der Waals surface area contributed by atoms with Crippen molar-refractivity contribution in [2.45, 2.75) is 45.4 Å². The summed E-state index contributed by atoms with van der Waals surface area (Å²) in [5, 5.41) is 3.32. The average Bonchev–Trinajstić information content (AvgIpc) is 2.42. The van der Waals surface area contributed by atoms with Crippen LogP contribution in [0.2, 0.25) is 0 Å². The van der Waals surface area contributed by atoms with Crippen LogP contribution in [-0.2, 0) is 4.74 Å². The van der Waals surface area contributed by atoms with E-state index in [-0.39, 0.29) is 0 Å². The molecule has 2 heterocycles. The Labute approximate surface area is 123 Å². The monoisotopic (exact) mass is 327 g/mol. The number of anilines is 1. The highest BCUT2D eigenvalue weighted by atomic mass is 79.9. The summed E-state index contributed by atoms with van der Waals surface area (Å²) < 4.78 is 6.42. The fourth-order valence-electron chi connectivity index (χ4n) is 2.29. The van der Waals surface area contributed by atoms with Crippen LogP contribution in [0.4, 0.5) is 5.82 Å². The molecule has 2 rings (SSSR count). The molecule has 5 heteroatoms. The van der Waals surface area contributed by atoms with Gasteiger partial charge >= 0.3 is 0 Å². The molecule has 1 N–H and O–H groups in total. The summed E-state index contributed by atoms with van der Waals surface area (Å²) in [4.78, 5) is 9.49. The van der Waals surface area contributed by atoms with Crippen LogP contribution in [0.15, 0.2) is 4.47 Å². The molecule has 0 atom stereocenters.